The SMILES string of the molecule is CCN(C1(CN)CCCCCC1)S(=O)(=O)N1CCCC1. The molecule has 1 saturated heterocycles. The molecule has 0 spiro atoms. The number of hydrogen-bond donors (Lipinski definition) is 1. The molecule has 2 rings (SSSR count). The molecule has 1 aliphatic carbocycles. The van der Waals surface area contributed by atoms with Crippen LogP contribution in [0, 0.1) is 0 Å². The Bertz CT molecular complexity index is 397. The van der Waals surface area contributed by atoms with Crippen molar-refractivity contribution in [1.82, 2.24) is 8.61 Å². The highest BCUT2D eigenvalue weighted by atomic mass is 32.2. The van der Waals surface area contributed by atoms with Crippen LogP contribution in [0.15, 0.2) is 0 Å². The predicted octanol–water partition coefficient (Wildman–Crippen LogP) is 1.70. The zero-order chi connectivity index (χ0) is 14.6. The molecule has 1 saturated carbocycles. The highest BCUT2D eigenvalue weighted by Crippen LogP contribution is 2.35. The van der Waals surface area contributed by atoms with E-state index < -0.39 is 10.2 Å². The summed E-state index contributed by atoms with van der Waals surface area (Å²) in [5, 5.41) is 0. The van der Waals surface area contributed by atoms with Crippen LogP contribution < -0.4 is 5.73 Å². The van der Waals surface area contributed by atoms with Gasteiger partial charge in [-0.1, -0.05) is 32.6 Å². The highest BCUT2D eigenvalue weighted by molar-refractivity contribution is 7.86. The van der Waals surface area contributed by atoms with Crippen LogP contribution in [0.4, 0.5) is 0 Å². The molecule has 0 unspecified atom stereocenters. The van der Waals surface area contributed by atoms with Gasteiger partial charge in [0, 0.05) is 31.7 Å². The molecule has 5 nitrogen and oxygen atoms in total. The van der Waals surface area contributed by atoms with Gasteiger partial charge >= 0.3 is 0 Å². The summed E-state index contributed by atoms with van der Waals surface area (Å²) in [6.45, 7) is 4.23. The molecule has 1 aliphatic heterocycles. The van der Waals surface area contributed by atoms with E-state index in [4.69, 9.17) is 5.73 Å². The quantitative estimate of drug-likeness (QED) is 0.786. The molecule has 0 amide bonds. The first-order chi connectivity index (χ1) is 9.57. The molecule has 1 heterocycles. The molecule has 2 fully saturated rings. The third kappa shape index (κ3) is 3.03. The first-order valence-electron chi connectivity index (χ1n) is 8.05. The average Bonchev–Trinajstić information content (AvgIpc) is 2.88. The van der Waals surface area contributed by atoms with Gasteiger partial charge < -0.3 is 5.73 Å². The van der Waals surface area contributed by atoms with Crippen LogP contribution in [0.2, 0.25) is 0 Å². The smallest absolute Gasteiger partial charge is 0.282 e. The largest absolute Gasteiger partial charge is 0.329 e. The van der Waals surface area contributed by atoms with E-state index in [0.29, 0.717) is 26.2 Å². The van der Waals surface area contributed by atoms with Gasteiger partial charge in [0.2, 0.25) is 0 Å². The standard InChI is InChI=1S/C14H29N3O2S/c1-2-17(20(18,19)16-11-7-8-12-16)14(13-15)9-5-3-4-6-10-14/h2-13,15H2,1H3. The zero-order valence-electron chi connectivity index (χ0n) is 12.7. The van der Waals surface area contributed by atoms with Gasteiger partial charge in [0.05, 0.1) is 0 Å². The van der Waals surface area contributed by atoms with Crippen LogP contribution >= 0.6 is 0 Å². The van der Waals surface area contributed by atoms with E-state index in [0.717, 1.165) is 38.5 Å². The van der Waals surface area contributed by atoms with Gasteiger partial charge in [0.25, 0.3) is 10.2 Å². The van der Waals surface area contributed by atoms with Crippen molar-refractivity contribution in [2.75, 3.05) is 26.2 Å². The Hall–Kier alpha value is -0.170. The third-order valence-electron chi connectivity index (χ3n) is 4.90. The van der Waals surface area contributed by atoms with Crippen LogP contribution in [-0.2, 0) is 10.2 Å². The summed E-state index contributed by atoms with van der Waals surface area (Å²) in [5.74, 6) is 0. The van der Waals surface area contributed by atoms with Gasteiger partial charge in [-0.3, -0.25) is 0 Å². The Kier molecular flexibility index (Phi) is 5.45. The number of nitrogens with two attached hydrogens (primary N) is 1. The van der Waals surface area contributed by atoms with Gasteiger partial charge in [-0.05, 0) is 25.7 Å². The Morgan fingerprint density at radius 2 is 1.60 bits per heavy atom. The van der Waals surface area contributed by atoms with Crippen molar-refractivity contribution < 1.29 is 8.42 Å². The second-order valence-corrected chi connectivity index (χ2v) is 7.97. The molecule has 0 atom stereocenters. The monoisotopic (exact) mass is 303 g/mol. The normalized spacial score (nSPS) is 24.9. The predicted molar refractivity (Wildman–Crippen MR) is 81.6 cm³/mol. The molecule has 0 aromatic heterocycles. The van der Waals surface area contributed by atoms with Gasteiger partial charge in [-0.2, -0.15) is 17.0 Å². The van der Waals surface area contributed by atoms with E-state index in [1.807, 2.05) is 6.92 Å². The van der Waals surface area contributed by atoms with Gasteiger partial charge in [-0.25, -0.2) is 0 Å². The molecule has 118 valence electrons. The molecule has 6 heteroatoms. The average molecular weight is 303 g/mol. The summed E-state index contributed by atoms with van der Waals surface area (Å²) in [6.07, 6.45) is 8.34. The first kappa shape index (κ1) is 16.2. The summed E-state index contributed by atoms with van der Waals surface area (Å²) >= 11 is 0. The lowest BCUT2D eigenvalue weighted by Crippen LogP contribution is -2.59. The van der Waals surface area contributed by atoms with Gasteiger partial charge in [0.15, 0.2) is 0 Å². The molecule has 20 heavy (non-hydrogen) atoms. The molecule has 0 radical (unpaired) electrons. The molecular formula is C14H29N3O2S. The van der Waals surface area contributed by atoms with Crippen molar-refractivity contribution in [3.05, 3.63) is 0 Å². The van der Waals surface area contributed by atoms with Crippen molar-refractivity contribution >= 4 is 10.2 Å². The van der Waals surface area contributed by atoms with E-state index in [9.17, 15) is 8.42 Å². The molecular weight excluding hydrogens is 274 g/mol. The van der Waals surface area contributed by atoms with Gasteiger partial charge in [0.1, 0.15) is 0 Å². The number of hydrogen-bond acceptors (Lipinski definition) is 3. The van der Waals surface area contributed by atoms with Crippen molar-refractivity contribution in [3.63, 3.8) is 0 Å². The topological polar surface area (TPSA) is 66.6 Å². The Balaban J connectivity index is 2.28. The molecule has 2 aliphatic rings. The molecule has 0 bridgehead atoms. The van der Waals surface area contributed by atoms with Gasteiger partial charge in [-0.15, -0.1) is 0 Å². The minimum absolute atomic E-state index is 0.354. The summed E-state index contributed by atoms with van der Waals surface area (Å²) in [5.41, 5.74) is 5.70. The van der Waals surface area contributed by atoms with Crippen molar-refractivity contribution in [2.24, 2.45) is 5.73 Å². The second-order valence-electron chi connectivity index (χ2n) is 6.12. The summed E-state index contributed by atoms with van der Waals surface area (Å²) < 4.78 is 29.2. The lowest BCUT2D eigenvalue weighted by molar-refractivity contribution is 0.164. The maximum absolute atomic E-state index is 12.9. The highest BCUT2D eigenvalue weighted by Gasteiger charge is 2.44. The molecule has 0 aromatic rings. The fourth-order valence-electron chi connectivity index (χ4n) is 3.74. The van der Waals surface area contributed by atoms with Crippen LogP contribution in [0.25, 0.3) is 0 Å². The van der Waals surface area contributed by atoms with E-state index in [1.54, 1.807) is 8.61 Å². The minimum atomic E-state index is -3.35. The number of rotatable bonds is 5. The van der Waals surface area contributed by atoms with Crippen LogP contribution in [0.5, 0.6) is 0 Å². The minimum Gasteiger partial charge on any atom is -0.329 e. The Morgan fingerprint density at radius 3 is 2.05 bits per heavy atom. The first-order valence-corrected chi connectivity index (χ1v) is 9.44. The number of likely N-dealkylation sites (N-methyl/N-ethyl adjacent to an activating group) is 1. The second kappa shape index (κ2) is 6.73. The van der Waals surface area contributed by atoms with E-state index in [-0.39, 0.29) is 5.54 Å². The van der Waals surface area contributed by atoms with Crippen molar-refractivity contribution in [3.8, 4) is 0 Å². The summed E-state index contributed by atoms with van der Waals surface area (Å²) in [4.78, 5) is 0. The van der Waals surface area contributed by atoms with Crippen molar-refractivity contribution in [2.45, 2.75) is 63.8 Å². The summed E-state index contributed by atoms with van der Waals surface area (Å²) in [7, 11) is -3.35. The lowest BCUT2D eigenvalue weighted by atomic mass is 9.90. The van der Waals surface area contributed by atoms with Crippen LogP contribution in [-0.4, -0.2) is 48.7 Å². The van der Waals surface area contributed by atoms with E-state index in [2.05, 4.69) is 0 Å². The third-order valence-corrected chi connectivity index (χ3v) is 7.12. The van der Waals surface area contributed by atoms with Crippen molar-refractivity contribution in [1.29, 1.82) is 0 Å². The molecule has 0 aromatic carbocycles. The number of nitrogens with zero attached hydrogens (tertiary/aromatic N) is 2. The summed E-state index contributed by atoms with van der Waals surface area (Å²) in [6, 6.07) is 0. The van der Waals surface area contributed by atoms with E-state index >= 15 is 0 Å². The lowest BCUT2D eigenvalue weighted by Gasteiger charge is -2.43. The maximum atomic E-state index is 12.9. The van der Waals surface area contributed by atoms with Crippen LogP contribution in [0.3, 0.4) is 0 Å². The van der Waals surface area contributed by atoms with E-state index in [1.165, 1.54) is 12.8 Å². The van der Waals surface area contributed by atoms with Crippen LogP contribution in [0.1, 0.15) is 58.3 Å². The fraction of sp³-hybridized carbons (Fsp3) is 1.00. The Morgan fingerprint density at radius 1 is 1.05 bits per heavy atom. The fourth-order valence-corrected chi connectivity index (χ4v) is 5.81. The maximum Gasteiger partial charge on any atom is 0.282 e. The Labute approximate surface area is 123 Å². The molecule has 2 N–H and O–H groups in total. The zero-order valence-corrected chi connectivity index (χ0v) is 13.5.